The van der Waals surface area contributed by atoms with Crippen molar-refractivity contribution in [2.45, 2.75) is 18.0 Å². The first-order valence-electron chi connectivity index (χ1n) is 6.83. The number of fused-ring (bicyclic) bond motifs is 1. The molecule has 0 spiro atoms. The van der Waals surface area contributed by atoms with Crippen LogP contribution in [0.15, 0.2) is 35.5 Å². The van der Waals surface area contributed by atoms with Gasteiger partial charge < -0.3 is 4.98 Å². The Morgan fingerprint density at radius 1 is 1.25 bits per heavy atom. The molecule has 0 bridgehead atoms. The highest BCUT2D eigenvalue weighted by atomic mass is 32.2. The average Bonchev–Trinajstić information content (AvgIpc) is 2.97. The minimum Gasteiger partial charge on any atom is -0.335 e. The predicted octanol–water partition coefficient (Wildman–Crippen LogP) is 2.83. The Bertz CT molecular complexity index is 979. The van der Waals surface area contributed by atoms with Crippen LogP contribution >= 0.6 is 0 Å². The Labute approximate surface area is 134 Å². The maximum atomic E-state index is 12.9. The van der Waals surface area contributed by atoms with E-state index in [1.807, 2.05) is 0 Å². The first-order valence-corrected chi connectivity index (χ1v) is 8.48. The summed E-state index contributed by atoms with van der Waals surface area (Å²) < 4.78 is 63.1. The Hall–Kier alpha value is -2.49. The molecule has 24 heavy (non-hydrogen) atoms. The van der Waals surface area contributed by atoms with E-state index < -0.39 is 26.5 Å². The number of imidazole rings is 1. The lowest BCUT2D eigenvalue weighted by Crippen LogP contribution is -2.12. The normalized spacial score (nSPS) is 12.7. The number of nitrogens with zero attached hydrogens (tertiary/aromatic N) is 3. The van der Waals surface area contributed by atoms with Crippen LogP contribution in [0.3, 0.4) is 0 Å². The highest BCUT2D eigenvalue weighted by Gasteiger charge is 2.34. The largest absolute Gasteiger partial charge is 0.417 e. The molecule has 0 aliphatic carbocycles. The third kappa shape index (κ3) is 2.84. The Morgan fingerprint density at radius 2 is 2.00 bits per heavy atom. The van der Waals surface area contributed by atoms with Crippen molar-refractivity contribution >= 4 is 21.0 Å². The highest BCUT2D eigenvalue weighted by Crippen LogP contribution is 2.33. The molecule has 0 aliphatic heterocycles. The van der Waals surface area contributed by atoms with Gasteiger partial charge in [-0.15, -0.1) is 0 Å². The minimum absolute atomic E-state index is 0.0458. The van der Waals surface area contributed by atoms with Crippen LogP contribution in [0.25, 0.3) is 22.7 Å². The van der Waals surface area contributed by atoms with Gasteiger partial charge in [-0.25, -0.2) is 18.4 Å². The number of aromatic nitrogens is 4. The molecular weight excluding hydrogens is 345 g/mol. The highest BCUT2D eigenvalue weighted by molar-refractivity contribution is 7.91. The lowest BCUT2D eigenvalue weighted by molar-refractivity contribution is -0.138. The van der Waals surface area contributed by atoms with Gasteiger partial charge in [-0.2, -0.15) is 13.2 Å². The summed E-state index contributed by atoms with van der Waals surface area (Å²) in [6, 6.07) is 3.90. The van der Waals surface area contributed by atoms with Gasteiger partial charge in [-0.3, -0.25) is 4.98 Å². The number of halogens is 3. The number of nitrogens with one attached hydrogen (secondary N) is 1. The van der Waals surface area contributed by atoms with E-state index in [0.717, 1.165) is 0 Å². The van der Waals surface area contributed by atoms with Crippen LogP contribution in [0.5, 0.6) is 0 Å². The van der Waals surface area contributed by atoms with Crippen molar-refractivity contribution in [1.29, 1.82) is 0 Å². The third-order valence-electron chi connectivity index (χ3n) is 3.38. The van der Waals surface area contributed by atoms with Gasteiger partial charge in [0.1, 0.15) is 5.69 Å². The molecule has 1 N–H and O–H groups in total. The fourth-order valence-electron chi connectivity index (χ4n) is 2.13. The molecule has 0 aromatic carbocycles. The molecule has 10 heteroatoms. The minimum atomic E-state index is -4.70. The fourth-order valence-corrected chi connectivity index (χ4v) is 3.19. The summed E-state index contributed by atoms with van der Waals surface area (Å²) in [6.45, 7) is 1.35. The lowest BCUT2D eigenvalue weighted by atomic mass is 10.2. The second kappa shape index (κ2) is 5.55. The zero-order valence-electron chi connectivity index (χ0n) is 12.3. The summed E-state index contributed by atoms with van der Waals surface area (Å²) in [7, 11) is -3.94. The zero-order chi connectivity index (χ0) is 17.5. The van der Waals surface area contributed by atoms with E-state index in [-0.39, 0.29) is 17.3 Å². The molecule has 0 saturated carbocycles. The van der Waals surface area contributed by atoms with E-state index in [0.29, 0.717) is 23.4 Å². The molecule has 0 fully saturated rings. The van der Waals surface area contributed by atoms with E-state index in [9.17, 15) is 21.6 Å². The summed E-state index contributed by atoms with van der Waals surface area (Å²) in [5.74, 6) is -0.314. The van der Waals surface area contributed by atoms with Crippen molar-refractivity contribution in [3.05, 3.63) is 36.2 Å². The van der Waals surface area contributed by atoms with Gasteiger partial charge in [0, 0.05) is 12.4 Å². The smallest absolute Gasteiger partial charge is 0.335 e. The van der Waals surface area contributed by atoms with Crippen LogP contribution in [0.1, 0.15) is 12.5 Å². The van der Waals surface area contributed by atoms with Gasteiger partial charge in [0.25, 0.3) is 0 Å². The number of hydrogen-bond acceptors (Lipinski definition) is 5. The second-order valence-electron chi connectivity index (χ2n) is 4.93. The maximum absolute atomic E-state index is 12.9. The van der Waals surface area contributed by atoms with Gasteiger partial charge >= 0.3 is 6.18 Å². The van der Waals surface area contributed by atoms with Crippen LogP contribution in [0.4, 0.5) is 13.2 Å². The van der Waals surface area contributed by atoms with E-state index >= 15 is 0 Å². The van der Waals surface area contributed by atoms with Crippen LogP contribution in [-0.4, -0.2) is 34.1 Å². The third-order valence-corrected chi connectivity index (χ3v) is 5.12. The summed E-state index contributed by atoms with van der Waals surface area (Å²) in [5, 5.41) is 0. The van der Waals surface area contributed by atoms with Gasteiger partial charge in [0.2, 0.25) is 0 Å². The van der Waals surface area contributed by atoms with Crippen molar-refractivity contribution in [3.63, 3.8) is 0 Å². The molecule has 0 unspecified atom stereocenters. The summed E-state index contributed by atoms with van der Waals surface area (Å²) in [5.41, 5.74) is -0.460. The van der Waals surface area contributed by atoms with Gasteiger partial charge in [-0.05, 0) is 18.2 Å². The van der Waals surface area contributed by atoms with Crippen LogP contribution in [-0.2, 0) is 16.0 Å². The lowest BCUT2D eigenvalue weighted by Gasteiger charge is -2.11. The van der Waals surface area contributed by atoms with Crippen LogP contribution in [0, 0.1) is 0 Å². The molecule has 0 atom stereocenters. The SMILES string of the molecule is CCS(=O)(=O)c1cc(C(F)(F)F)cnc1-c1nc2ncccc2[nH]1. The first-order chi connectivity index (χ1) is 11.2. The maximum Gasteiger partial charge on any atom is 0.417 e. The monoisotopic (exact) mass is 356 g/mol. The Morgan fingerprint density at radius 3 is 2.62 bits per heavy atom. The van der Waals surface area contributed by atoms with E-state index in [1.54, 1.807) is 12.1 Å². The molecule has 3 aromatic rings. The summed E-state index contributed by atoms with van der Waals surface area (Å²) in [6.07, 6.45) is -2.61. The molecule has 0 saturated heterocycles. The quantitative estimate of drug-likeness (QED) is 0.779. The molecule has 3 rings (SSSR count). The fraction of sp³-hybridized carbons (Fsp3) is 0.214. The van der Waals surface area contributed by atoms with Crippen molar-refractivity contribution in [1.82, 2.24) is 19.9 Å². The second-order valence-corrected chi connectivity index (χ2v) is 7.18. The average molecular weight is 356 g/mol. The molecule has 3 aromatic heterocycles. The summed E-state index contributed by atoms with van der Waals surface area (Å²) >= 11 is 0. The number of aromatic amines is 1. The molecule has 6 nitrogen and oxygen atoms in total. The number of sulfone groups is 1. The zero-order valence-corrected chi connectivity index (χ0v) is 13.1. The molecular formula is C14H11F3N4O2S. The van der Waals surface area contributed by atoms with Crippen molar-refractivity contribution < 1.29 is 21.6 Å². The van der Waals surface area contributed by atoms with E-state index in [1.165, 1.54) is 13.1 Å². The predicted molar refractivity (Wildman–Crippen MR) is 79.8 cm³/mol. The van der Waals surface area contributed by atoms with Gasteiger partial charge in [0.15, 0.2) is 21.3 Å². The standard InChI is InChI=1S/C14H11F3N4O2S/c1-2-24(22,23)10-6-8(14(15,16)17)7-19-11(10)13-20-9-4-3-5-18-12(9)21-13/h3-7H,2H2,1H3,(H,18,20,21). The number of rotatable bonds is 3. The molecule has 0 aliphatic rings. The number of H-pyrrole nitrogens is 1. The van der Waals surface area contributed by atoms with Crippen molar-refractivity contribution in [2.75, 3.05) is 5.75 Å². The van der Waals surface area contributed by atoms with Crippen molar-refractivity contribution in [2.24, 2.45) is 0 Å². The Balaban J connectivity index is 2.27. The number of hydrogen-bond donors (Lipinski definition) is 1. The van der Waals surface area contributed by atoms with Gasteiger partial charge in [-0.1, -0.05) is 6.92 Å². The molecule has 0 radical (unpaired) electrons. The van der Waals surface area contributed by atoms with E-state index in [4.69, 9.17) is 0 Å². The van der Waals surface area contributed by atoms with Crippen LogP contribution in [0.2, 0.25) is 0 Å². The van der Waals surface area contributed by atoms with Crippen molar-refractivity contribution in [3.8, 4) is 11.5 Å². The van der Waals surface area contributed by atoms with E-state index in [2.05, 4.69) is 19.9 Å². The van der Waals surface area contributed by atoms with Crippen LogP contribution < -0.4 is 0 Å². The number of pyridine rings is 2. The molecule has 3 heterocycles. The van der Waals surface area contributed by atoms with Gasteiger partial charge in [0.05, 0.1) is 21.7 Å². The first kappa shape index (κ1) is 16.4. The Kier molecular flexibility index (Phi) is 3.78. The molecule has 126 valence electrons. The summed E-state index contributed by atoms with van der Waals surface area (Å²) in [4.78, 5) is 14.1. The number of alkyl halides is 3. The topological polar surface area (TPSA) is 88.6 Å². The molecule has 0 amide bonds.